The van der Waals surface area contributed by atoms with Crippen molar-refractivity contribution >= 4 is 11.6 Å². The van der Waals surface area contributed by atoms with Crippen LogP contribution in [0.4, 0.5) is 5.69 Å². The molecule has 1 rings (SSSR count). The summed E-state index contributed by atoms with van der Waals surface area (Å²) in [5.41, 5.74) is 1.18. The third-order valence-corrected chi connectivity index (χ3v) is 2.51. The van der Waals surface area contributed by atoms with Crippen LogP contribution in [-0.4, -0.2) is 38.0 Å². The van der Waals surface area contributed by atoms with E-state index in [9.17, 15) is 4.79 Å². The van der Waals surface area contributed by atoms with Crippen LogP contribution >= 0.6 is 0 Å². The lowest BCUT2D eigenvalue weighted by Gasteiger charge is -2.22. The molecule has 82 valence electrons. The van der Waals surface area contributed by atoms with Crippen LogP contribution in [0.1, 0.15) is 6.92 Å². The van der Waals surface area contributed by atoms with Gasteiger partial charge in [-0.1, -0.05) is 18.2 Å². The van der Waals surface area contributed by atoms with Crippen molar-refractivity contribution in [1.82, 2.24) is 4.90 Å². The molecule has 0 aliphatic heterocycles. The van der Waals surface area contributed by atoms with Gasteiger partial charge in [0.1, 0.15) is 0 Å². The summed E-state index contributed by atoms with van der Waals surface area (Å²) in [4.78, 5) is 14.9. The van der Waals surface area contributed by atoms with Crippen LogP contribution in [0.3, 0.4) is 0 Å². The molecule has 0 unspecified atom stereocenters. The molecule has 1 amide bonds. The Morgan fingerprint density at radius 1 is 1.13 bits per heavy atom. The average Bonchev–Trinajstić information content (AvgIpc) is 2.26. The standard InChI is InChI=1S/C12H18N2O/c1-11(15)13(2)9-10-14(3)12-7-5-4-6-8-12/h4-8H,9-10H2,1-3H3. The Kier molecular flexibility index (Phi) is 4.16. The molecular formula is C12H18N2O. The smallest absolute Gasteiger partial charge is 0.219 e. The first kappa shape index (κ1) is 11.6. The van der Waals surface area contributed by atoms with Crippen molar-refractivity contribution in [2.45, 2.75) is 6.92 Å². The van der Waals surface area contributed by atoms with Gasteiger partial charge in [-0.2, -0.15) is 0 Å². The lowest BCUT2D eigenvalue weighted by molar-refractivity contribution is -0.127. The van der Waals surface area contributed by atoms with E-state index in [1.807, 2.05) is 32.3 Å². The van der Waals surface area contributed by atoms with Gasteiger partial charge in [-0.15, -0.1) is 0 Å². The fraction of sp³-hybridized carbons (Fsp3) is 0.417. The molecule has 0 aliphatic carbocycles. The number of para-hydroxylation sites is 1. The molecule has 15 heavy (non-hydrogen) atoms. The van der Waals surface area contributed by atoms with Crippen molar-refractivity contribution in [1.29, 1.82) is 0 Å². The third kappa shape index (κ3) is 3.62. The quantitative estimate of drug-likeness (QED) is 0.747. The van der Waals surface area contributed by atoms with Gasteiger partial charge in [0, 0.05) is 39.8 Å². The molecule has 3 heteroatoms. The van der Waals surface area contributed by atoms with Crippen molar-refractivity contribution in [3.05, 3.63) is 30.3 Å². The van der Waals surface area contributed by atoms with E-state index in [1.54, 1.807) is 11.8 Å². The Hall–Kier alpha value is -1.51. The van der Waals surface area contributed by atoms with Gasteiger partial charge in [0.2, 0.25) is 5.91 Å². The van der Waals surface area contributed by atoms with E-state index in [1.165, 1.54) is 5.69 Å². The second-order valence-corrected chi connectivity index (χ2v) is 3.70. The fourth-order valence-corrected chi connectivity index (χ4v) is 1.27. The van der Waals surface area contributed by atoms with Crippen molar-refractivity contribution in [2.24, 2.45) is 0 Å². The molecule has 0 radical (unpaired) electrons. The molecule has 0 bridgehead atoms. The maximum Gasteiger partial charge on any atom is 0.219 e. The van der Waals surface area contributed by atoms with E-state index in [2.05, 4.69) is 17.0 Å². The van der Waals surface area contributed by atoms with Gasteiger partial charge in [0.05, 0.1) is 0 Å². The summed E-state index contributed by atoms with van der Waals surface area (Å²) < 4.78 is 0. The van der Waals surface area contributed by atoms with Gasteiger partial charge in [-0.05, 0) is 12.1 Å². The summed E-state index contributed by atoms with van der Waals surface area (Å²) in [7, 11) is 3.85. The Bertz CT molecular complexity index is 311. The van der Waals surface area contributed by atoms with E-state index in [-0.39, 0.29) is 5.91 Å². The van der Waals surface area contributed by atoms with Crippen LogP contribution in [0, 0.1) is 0 Å². The normalized spacial score (nSPS) is 9.80. The lowest BCUT2D eigenvalue weighted by Crippen LogP contribution is -2.33. The maximum absolute atomic E-state index is 11.0. The molecule has 1 aromatic rings. The second kappa shape index (κ2) is 5.39. The van der Waals surface area contributed by atoms with Crippen LogP contribution in [0.5, 0.6) is 0 Å². The number of rotatable bonds is 4. The SMILES string of the molecule is CC(=O)N(C)CCN(C)c1ccccc1. The molecule has 0 saturated carbocycles. The number of carbonyl (C=O) groups excluding carboxylic acids is 1. The highest BCUT2D eigenvalue weighted by Crippen LogP contribution is 2.10. The number of amides is 1. The first-order valence-electron chi connectivity index (χ1n) is 5.09. The van der Waals surface area contributed by atoms with Crippen LogP contribution in [0.2, 0.25) is 0 Å². The van der Waals surface area contributed by atoms with Crippen LogP contribution in [-0.2, 0) is 4.79 Å². The Labute approximate surface area is 91.3 Å². The number of nitrogens with zero attached hydrogens (tertiary/aromatic N) is 2. The molecule has 3 nitrogen and oxygen atoms in total. The van der Waals surface area contributed by atoms with Gasteiger partial charge in [0.15, 0.2) is 0 Å². The average molecular weight is 206 g/mol. The zero-order valence-electron chi connectivity index (χ0n) is 9.60. The molecule has 0 spiro atoms. The minimum absolute atomic E-state index is 0.108. The summed E-state index contributed by atoms with van der Waals surface area (Å²) in [6, 6.07) is 10.2. The van der Waals surface area contributed by atoms with Crippen molar-refractivity contribution in [3.8, 4) is 0 Å². The maximum atomic E-state index is 11.0. The zero-order chi connectivity index (χ0) is 11.3. The number of hydrogen-bond acceptors (Lipinski definition) is 2. The highest BCUT2D eigenvalue weighted by molar-refractivity contribution is 5.72. The highest BCUT2D eigenvalue weighted by atomic mass is 16.2. The lowest BCUT2D eigenvalue weighted by atomic mass is 10.3. The molecule has 0 fully saturated rings. The van der Waals surface area contributed by atoms with Crippen LogP contribution < -0.4 is 4.90 Å². The molecule has 0 aliphatic rings. The van der Waals surface area contributed by atoms with Gasteiger partial charge < -0.3 is 9.80 Å². The Morgan fingerprint density at radius 3 is 2.27 bits per heavy atom. The molecule has 0 atom stereocenters. The first-order valence-corrected chi connectivity index (χ1v) is 5.09. The topological polar surface area (TPSA) is 23.6 Å². The van der Waals surface area contributed by atoms with Crippen molar-refractivity contribution in [2.75, 3.05) is 32.1 Å². The highest BCUT2D eigenvalue weighted by Gasteiger charge is 2.04. The molecule has 0 N–H and O–H groups in total. The predicted molar refractivity (Wildman–Crippen MR) is 63.0 cm³/mol. The zero-order valence-corrected chi connectivity index (χ0v) is 9.60. The van der Waals surface area contributed by atoms with E-state index in [4.69, 9.17) is 0 Å². The van der Waals surface area contributed by atoms with Crippen LogP contribution in [0.25, 0.3) is 0 Å². The summed E-state index contributed by atoms with van der Waals surface area (Å²) in [5.74, 6) is 0.108. The third-order valence-electron chi connectivity index (χ3n) is 2.51. The second-order valence-electron chi connectivity index (χ2n) is 3.70. The van der Waals surface area contributed by atoms with Gasteiger partial charge in [-0.25, -0.2) is 0 Å². The summed E-state index contributed by atoms with van der Waals surface area (Å²) in [5, 5.41) is 0. The van der Waals surface area contributed by atoms with E-state index in [0.29, 0.717) is 0 Å². The molecule has 1 aromatic carbocycles. The van der Waals surface area contributed by atoms with Crippen molar-refractivity contribution < 1.29 is 4.79 Å². The minimum atomic E-state index is 0.108. The molecular weight excluding hydrogens is 188 g/mol. The Balaban J connectivity index is 2.43. The Morgan fingerprint density at radius 2 is 1.73 bits per heavy atom. The molecule has 0 saturated heterocycles. The van der Waals surface area contributed by atoms with E-state index < -0.39 is 0 Å². The number of benzene rings is 1. The number of hydrogen-bond donors (Lipinski definition) is 0. The number of anilines is 1. The number of likely N-dealkylation sites (N-methyl/N-ethyl adjacent to an activating group) is 2. The molecule has 0 aromatic heterocycles. The van der Waals surface area contributed by atoms with E-state index >= 15 is 0 Å². The van der Waals surface area contributed by atoms with Gasteiger partial charge in [0.25, 0.3) is 0 Å². The van der Waals surface area contributed by atoms with Gasteiger partial charge in [-0.3, -0.25) is 4.79 Å². The largest absolute Gasteiger partial charge is 0.373 e. The predicted octanol–water partition coefficient (Wildman–Crippen LogP) is 1.60. The molecule has 0 heterocycles. The number of carbonyl (C=O) groups is 1. The minimum Gasteiger partial charge on any atom is -0.373 e. The fourth-order valence-electron chi connectivity index (χ4n) is 1.27. The summed E-state index contributed by atoms with van der Waals surface area (Å²) in [6.45, 7) is 3.18. The summed E-state index contributed by atoms with van der Waals surface area (Å²) in [6.07, 6.45) is 0. The first-order chi connectivity index (χ1) is 7.11. The van der Waals surface area contributed by atoms with Crippen LogP contribution in [0.15, 0.2) is 30.3 Å². The van der Waals surface area contributed by atoms with Gasteiger partial charge >= 0.3 is 0 Å². The summed E-state index contributed by atoms with van der Waals surface area (Å²) >= 11 is 0. The van der Waals surface area contributed by atoms with E-state index in [0.717, 1.165) is 13.1 Å². The van der Waals surface area contributed by atoms with Crippen molar-refractivity contribution in [3.63, 3.8) is 0 Å². The monoisotopic (exact) mass is 206 g/mol.